The highest BCUT2D eigenvalue weighted by atomic mass is 15.3. The molecule has 0 fully saturated rings. The highest BCUT2D eigenvalue weighted by Crippen LogP contribution is 2.32. The van der Waals surface area contributed by atoms with Crippen LogP contribution in [0.15, 0.2) is 79.1 Å². The molecule has 0 N–H and O–H groups in total. The average molecular weight is 379 g/mol. The second-order valence-electron chi connectivity index (χ2n) is 7.11. The number of anilines is 2. The Morgan fingerprint density at radius 2 is 1.72 bits per heavy atom. The Morgan fingerprint density at radius 1 is 0.897 bits per heavy atom. The third kappa shape index (κ3) is 3.01. The highest BCUT2D eigenvalue weighted by molar-refractivity contribution is 5.93. The predicted octanol–water partition coefficient (Wildman–Crippen LogP) is 5.27. The topological polar surface area (TPSA) is 46.3 Å². The SMILES string of the molecule is CCc1ccc(-c2cccc(N(C)c3nc4nncn4c4ccccc34)c2)cc1. The zero-order chi connectivity index (χ0) is 19.8. The minimum absolute atomic E-state index is 0.594. The Bertz CT molecular complexity index is 1300. The molecule has 0 aliphatic carbocycles. The van der Waals surface area contributed by atoms with Gasteiger partial charge in [-0.3, -0.25) is 4.40 Å². The molecule has 0 saturated heterocycles. The molecule has 5 rings (SSSR count). The van der Waals surface area contributed by atoms with Crippen molar-refractivity contribution in [1.29, 1.82) is 0 Å². The standard InChI is InChI=1S/C24H21N5/c1-3-17-11-13-18(14-12-17)19-7-6-8-20(15-19)28(2)23-21-9-4-5-10-22(21)29-16-25-27-24(29)26-23/h4-16H,3H2,1-2H3. The van der Waals surface area contributed by atoms with Gasteiger partial charge in [0.15, 0.2) is 0 Å². The van der Waals surface area contributed by atoms with Crippen LogP contribution in [0.1, 0.15) is 12.5 Å². The maximum absolute atomic E-state index is 4.78. The fraction of sp³-hybridized carbons (Fsp3) is 0.125. The molecule has 0 aliphatic heterocycles. The van der Waals surface area contributed by atoms with Crippen LogP contribution in [0, 0.1) is 0 Å². The molecule has 5 nitrogen and oxygen atoms in total. The fourth-order valence-corrected chi connectivity index (χ4v) is 3.71. The van der Waals surface area contributed by atoms with Gasteiger partial charge >= 0.3 is 0 Å². The molecule has 5 heteroatoms. The van der Waals surface area contributed by atoms with E-state index in [-0.39, 0.29) is 0 Å². The molecular formula is C24H21N5. The molecule has 2 heterocycles. The largest absolute Gasteiger partial charge is 0.329 e. The van der Waals surface area contributed by atoms with Gasteiger partial charge in [0, 0.05) is 18.1 Å². The van der Waals surface area contributed by atoms with E-state index < -0.39 is 0 Å². The van der Waals surface area contributed by atoms with E-state index >= 15 is 0 Å². The van der Waals surface area contributed by atoms with Crippen LogP contribution in [-0.2, 0) is 6.42 Å². The van der Waals surface area contributed by atoms with Crippen molar-refractivity contribution in [3.8, 4) is 11.1 Å². The first-order valence-electron chi connectivity index (χ1n) is 9.76. The predicted molar refractivity (Wildman–Crippen MR) is 118 cm³/mol. The van der Waals surface area contributed by atoms with Crippen molar-refractivity contribution in [3.63, 3.8) is 0 Å². The number of para-hydroxylation sites is 1. The van der Waals surface area contributed by atoms with Gasteiger partial charge in [0.2, 0.25) is 0 Å². The van der Waals surface area contributed by atoms with Crippen LogP contribution >= 0.6 is 0 Å². The van der Waals surface area contributed by atoms with Crippen molar-refractivity contribution in [2.24, 2.45) is 0 Å². The summed E-state index contributed by atoms with van der Waals surface area (Å²) < 4.78 is 1.92. The van der Waals surface area contributed by atoms with Crippen LogP contribution in [0.5, 0.6) is 0 Å². The third-order valence-electron chi connectivity index (χ3n) is 5.39. The quantitative estimate of drug-likeness (QED) is 0.426. The molecule has 142 valence electrons. The number of hydrogen-bond donors (Lipinski definition) is 0. The molecular weight excluding hydrogens is 358 g/mol. The lowest BCUT2D eigenvalue weighted by Gasteiger charge is -2.21. The number of hydrogen-bond acceptors (Lipinski definition) is 4. The van der Waals surface area contributed by atoms with Crippen molar-refractivity contribution in [2.75, 3.05) is 11.9 Å². The summed E-state index contributed by atoms with van der Waals surface area (Å²) in [6.45, 7) is 2.17. The van der Waals surface area contributed by atoms with Crippen LogP contribution in [0.2, 0.25) is 0 Å². The molecule has 0 atom stereocenters. The summed E-state index contributed by atoms with van der Waals surface area (Å²) in [5.74, 6) is 1.46. The van der Waals surface area contributed by atoms with Gasteiger partial charge < -0.3 is 4.90 Å². The fourth-order valence-electron chi connectivity index (χ4n) is 3.71. The van der Waals surface area contributed by atoms with Crippen molar-refractivity contribution in [1.82, 2.24) is 19.6 Å². The van der Waals surface area contributed by atoms with E-state index in [0.29, 0.717) is 5.78 Å². The molecule has 0 saturated carbocycles. The summed E-state index contributed by atoms with van der Waals surface area (Å²) in [5, 5.41) is 9.24. The van der Waals surface area contributed by atoms with Gasteiger partial charge in [0.05, 0.1) is 5.52 Å². The number of benzene rings is 3. The van der Waals surface area contributed by atoms with E-state index in [9.17, 15) is 0 Å². The van der Waals surface area contributed by atoms with E-state index in [2.05, 4.69) is 82.7 Å². The maximum Gasteiger partial charge on any atom is 0.257 e. The number of aryl methyl sites for hydroxylation is 1. The second kappa shape index (κ2) is 7.02. The summed E-state index contributed by atoms with van der Waals surface area (Å²) >= 11 is 0. The average Bonchev–Trinajstić information content (AvgIpc) is 3.27. The van der Waals surface area contributed by atoms with Gasteiger partial charge in [-0.15, -0.1) is 10.2 Å². The number of nitrogens with zero attached hydrogens (tertiary/aromatic N) is 5. The van der Waals surface area contributed by atoms with Gasteiger partial charge in [-0.05, 0) is 47.4 Å². The molecule has 3 aromatic carbocycles. The Morgan fingerprint density at radius 3 is 2.55 bits per heavy atom. The summed E-state index contributed by atoms with van der Waals surface area (Å²) in [5.41, 5.74) is 5.85. The van der Waals surface area contributed by atoms with E-state index in [1.165, 1.54) is 16.7 Å². The first kappa shape index (κ1) is 17.4. The lowest BCUT2D eigenvalue weighted by Crippen LogP contribution is -2.13. The summed E-state index contributed by atoms with van der Waals surface area (Å²) in [4.78, 5) is 6.89. The van der Waals surface area contributed by atoms with Gasteiger partial charge in [0.25, 0.3) is 5.78 Å². The van der Waals surface area contributed by atoms with E-state index in [1.807, 2.05) is 23.6 Å². The third-order valence-corrected chi connectivity index (χ3v) is 5.39. The highest BCUT2D eigenvalue weighted by Gasteiger charge is 2.14. The number of fused-ring (bicyclic) bond motifs is 3. The number of aromatic nitrogens is 4. The summed E-state index contributed by atoms with van der Waals surface area (Å²) in [7, 11) is 2.04. The Labute approximate surface area is 169 Å². The molecule has 0 bridgehead atoms. The molecule has 0 unspecified atom stereocenters. The van der Waals surface area contributed by atoms with Crippen molar-refractivity contribution in [3.05, 3.63) is 84.7 Å². The second-order valence-corrected chi connectivity index (χ2v) is 7.11. The molecule has 0 amide bonds. The minimum atomic E-state index is 0.594. The Balaban J connectivity index is 1.61. The molecule has 2 aromatic heterocycles. The van der Waals surface area contributed by atoms with Crippen LogP contribution in [0.4, 0.5) is 11.5 Å². The van der Waals surface area contributed by atoms with Crippen molar-refractivity contribution >= 4 is 28.2 Å². The monoisotopic (exact) mass is 379 g/mol. The molecule has 29 heavy (non-hydrogen) atoms. The first-order chi connectivity index (χ1) is 14.2. The van der Waals surface area contributed by atoms with Crippen LogP contribution in [-0.4, -0.2) is 26.6 Å². The number of rotatable bonds is 4. The lowest BCUT2D eigenvalue weighted by molar-refractivity contribution is 1.08. The maximum atomic E-state index is 4.78. The Kier molecular flexibility index (Phi) is 4.21. The summed E-state index contributed by atoms with van der Waals surface area (Å²) in [6, 6.07) is 25.5. The zero-order valence-corrected chi connectivity index (χ0v) is 16.4. The van der Waals surface area contributed by atoms with Gasteiger partial charge in [-0.25, -0.2) is 0 Å². The summed E-state index contributed by atoms with van der Waals surface area (Å²) in [6.07, 6.45) is 2.75. The van der Waals surface area contributed by atoms with Crippen LogP contribution < -0.4 is 4.90 Å². The van der Waals surface area contributed by atoms with E-state index in [1.54, 1.807) is 6.33 Å². The molecule has 0 aliphatic rings. The van der Waals surface area contributed by atoms with Gasteiger partial charge in [-0.1, -0.05) is 55.5 Å². The van der Waals surface area contributed by atoms with Crippen molar-refractivity contribution in [2.45, 2.75) is 13.3 Å². The first-order valence-corrected chi connectivity index (χ1v) is 9.76. The van der Waals surface area contributed by atoms with Gasteiger partial charge in [0.1, 0.15) is 12.1 Å². The van der Waals surface area contributed by atoms with Crippen LogP contribution in [0.3, 0.4) is 0 Å². The van der Waals surface area contributed by atoms with E-state index in [4.69, 9.17) is 4.98 Å². The molecule has 5 aromatic rings. The van der Waals surface area contributed by atoms with Crippen molar-refractivity contribution < 1.29 is 0 Å². The zero-order valence-electron chi connectivity index (χ0n) is 16.4. The van der Waals surface area contributed by atoms with Crippen LogP contribution in [0.25, 0.3) is 27.8 Å². The molecule has 0 spiro atoms. The van der Waals surface area contributed by atoms with Gasteiger partial charge in [-0.2, -0.15) is 4.98 Å². The van der Waals surface area contributed by atoms with E-state index in [0.717, 1.165) is 28.8 Å². The smallest absolute Gasteiger partial charge is 0.257 e. The minimum Gasteiger partial charge on any atom is -0.329 e. The normalized spacial score (nSPS) is 11.2. The lowest BCUT2D eigenvalue weighted by atomic mass is 10.0. The molecule has 0 radical (unpaired) electrons. The Hall–Kier alpha value is -3.73.